The maximum absolute atomic E-state index is 10.7. The van der Waals surface area contributed by atoms with Crippen molar-refractivity contribution in [1.82, 2.24) is 0 Å². The molecule has 4 N–H and O–H groups in total. The number of aryl methyl sites for hydroxylation is 1. The first-order valence-electron chi connectivity index (χ1n) is 3.72. The van der Waals surface area contributed by atoms with Gasteiger partial charge in [-0.25, -0.2) is 0 Å². The number of hydrogen-bond acceptors (Lipinski definition) is 2. The standard InChI is InChI=1S/C9H12N2O/c1-6-3-2-4-7(5-6)8(10)9(11)12/h2-5,8H,10H2,1H3,(H2,11,12)/t8-/m1/s1. The first-order chi connectivity index (χ1) is 5.61. The predicted molar refractivity (Wildman–Crippen MR) is 47.3 cm³/mol. The second kappa shape index (κ2) is 3.36. The van der Waals surface area contributed by atoms with E-state index in [1.165, 1.54) is 0 Å². The monoisotopic (exact) mass is 164 g/mol. The zero-order valence-corrected chi connectivity index (χ0v) is 6.95. The molecule has 0 unspecified atom stereocenters. The van der Waals surface area contributed by atoms with Gasteiger partial charge in [0.15, 0.2) is 0 Å². The Morgan fingerprint density at radius 3 is 2.67 bits per heavy atom. The lowest BCUT2D eigenvalue weighted by Gasteiger charge is -2.07. The van der Waals surface area contributed by atoms with Gasteiger partial charge in [-0.2, -0.15) is 0 Å². The van der Waals surface area contributed by atoms with Crippen molar-refractivity contribution in [3.05, 3.63) is 35.4 Å². The van der Waals surface area contributed by atoms with Crippen LogP contribution in [0.1, 0.15) is 17.2 Å². The van der Waals surface area contributed by atoms with E-state index in [0.29, 0.717) is 0 Å². The molecule has 0 aliphatic rings. The summed E-state index contributed by atoms with van der Waals surface area (Å²) in [5.41, 5.74) is 12.4. The van der Waals surface area contributed by atoms with Gasteiger partial charge in [0.1, 0.15) is 6.04 Å². The van der Waals surface area contributed by atoms with Gasteiger partial charge in [0.25, 0.3) is 0 Å². The Kier molecular flexibility index (Phi) is 2.45. The van der Waals surface area contributed by atoms with Gasteiger partial charge < -0.3 is 11.5 Å². The predicted octanol–water partition coefficient (Wildman–Crippen LogP) is 0.480. The topological polar surface area (TPSA) is 69.1 Å². The molecule has 0 saturated carbocycles. The minimum Gasteiger partial charge on any atom is -0.368 e. The van der Waals surface area contributed by atoms with Crippen LogP contribution in [0.5, 0.6) is 0 Å². The van der Waals surface area contributed by atoms with E-state index in [1.54, 1.807) is 6.07 Å². The maximum Gasteiger partial charge on any atom is 0.238 e. The number of primary amides is 1. The molecule has 12 heavy (non-hydrogen) atoms. The summed E-state index contributed by atoms with van der Waals surface area (Å²) >= 11 is 0. The highest BCUT2D eigenvalue weighted by atomic mass is 16.1. The van der Waals surface area contributed by atoms with Gasteiger partial charge >= 0.3 is 0 Å². The highest BCUT2D eigenvalue weighted by Gasteiger charge is 2.10. The van der Waals surface area contributed by atoms with Gasteiger partial charge in [-0.15, -0.1) is 0 Å². The molecular weight excluding hydrogens is 152 g/mol. The lowest BCUT2D eigenvalue weighted by Crippen LogP contribution is -2.28. The number of amides is 1. The molecular formula is C9H12N2O. The fraction of sp³-hybridized carbons (Fsp3) is 0.222. The summed E-state index contributed by atoms with van der Waals surface area (Å²) in [5, 5.41) is 0. The van der Waals surface area contributed by atoms with Gasteiger partial charge in [-0.05, 0) is 12.5 Å². The Balaban J connectivity index is 2.95. The number of nitrogens with two attached hydrogens (primary N) is 2. The molecule has 0 aliphatic carbocycles. The second-order valence-corrected chi connectivity index (χ2v) is 2.79. The van der Waals surface area contributed by atoms with Crippen LogP contribution in [0.2, 0.25) is 0 Å². The fourth-order valence-electron chi connectivity index (χ4n) is 1.03. The molecule has 0 aliphatic heterocycles. The zero-order chi connectivity index (χ0) is 9.14. The van der Waals surface area contributed by atoms with Crippen molar-refractivity contribution in [3.63, 3.8) is 0 Å². The van der Waals surface area contributed by atoms with E-state index in [2.05, 4.69) is 0 Å². The van der Waals surface area contributed by atoms with Crippen molar-refractivity contribution in [2.45, 2.75) is 13.0 Å². The average Bonchev–Trinajstić information content (AvgIpc) is 2.03. The van der Waals surface area contributed by atoms with Crippen LogP contribution < -0.4 is 11.5 Å². The summed E-state index contributed by atoms with van der Waals surface area (Å²) < 4.78 is 0. The van der Waals surface area contributed by atoms with Crippen molar-refractivity contribution >= 4 is 5.91 Å². The smallest absolute Gasteiger partial charge is 0.238 e. The van der Waals surface area contributed by atoms with Gasteiger partial charge in [-0.1, -0.05) is 29.8 Å². The Bertz CT molecular complexity index is 296. The molecule has 1 atom stereocenters. The number of rotatable bonds is 2. The van der Waals surface area contributed by atoms with Gasteiger partial charge in [0.2, 0.25) is 5.91 Å². The second-order valence-electron chi connectivity index (χ2n) is 2.79. The largest absolute Gasteiger partial charge is 0.368 e. The first-order valence-corrected chi connectivity index (χ1v) is 3.72. The van der Waals surface area contributed by atoms with Crippen molar-refractivity contribution in [1.29, 1.82) is 0 Å². The highest BCUT2D eigenvalue weighted by Crippen LogP contribution is 2.10. The summed E-state index contributed by atoms with van der Waals surface area (Å²) in [5.74, 6) is -0.499. The number of benzene rings is 1. The van der Waals surface area contributed by atoms with Crippen LogP contribution in [-0.4, -0.2) is 5.91 Å². The van der Waals surface area contributed by atoms with Crippen molar-refractivity contribution in [2.75, 3.05) is 0 Å². The van der Waals surface area contributed by atoms with E-state index in [-0.39, 0.29) is 0 Å². The number of carbonyl (C=O) groups excluding carboxylic acids is 1. The SMILES string of the molecule is Cc1cccc([C@@H](N)C(N)=O)c1. The minimum atomic E-state index is -0.690. The molecule has 1 rings (SSSR count). The van der Waals surface area contributed by atoms with E-state index in [4.69, 9.17) is 11.5 Å². The molecule has 0 saturated heterocycles. The van der Waals surface area contributed by atoms with Crippen LogP contribution in [0, 0.1) is 6.92 Å². The molecule has 3 heteroatoms. The lowest BCUT2D eigenvalue weighted by atomic mass is 10.1. The molecule has 64 valence electrons. The van der Waals surface area contributed by atoms with Crippen LogP contribution in [0.3, 0.4) is 0 Å². The summed E-state index contributed by atoms with van der Waals surface area (Å²) in [4.78, 5) is 10.7. The summed E-state index contributed by atoms with van der Waals surface area (Å²) in [7, 11) is 0. The third-order valence-corrected chi connectivity index (χ3v) is 1.71. The van der Waals surface area contributed by atoms with Gasteiger partial charge in [-0.3, -0.25) is 4.79 Å². The Labute approximate surface area is 71.4 Å². The molecule has 0 bridgehead atoms. The molecule has 1 aromatic rings. The molecule has 0 heterocycles. The zero-order valence-electron chi connectivity index (χ0n) is 6.95. The van der Waals surface area contributed by atoms with Gasteiger partial charge in [0.05, 0.1) is 0 Å². The Hall–Kier alpha value is -1.35. The van der Waals surface area contributed by atoms with E-state index in [1.807, 2.05) is 25.1 Å². The van der Waals surface area contributed by atoms with E-state index in [0.717, 1.165) is 11.1 Å². The number of carbonyl (C=O) groups is 1. The van der Waals surface area contributed by atoms with Crippen LogP contribution in [0.25, 0.3) is 0 Å². The van der Waals surface area contributed by atoms with Crippen LogP contribution in [0.15, 0.2) is 24.3 Å². The maximum atomic E-state index is 10.7. The van der Waals surface area contributed by atoms with Crippen molar-refractivity contribution in [2.24, 2.45) is 11.5 Å². The molecule has 1 aromatic carbocycles. The van der Waals surface area contributed by atoms with Gasteiger partial charge in [0, 0.05) is 0 Å². The molecule has 3 nitrogen and oxygen atoms in total. The highest BCUT2D eigenvalue weighted by molar-refractivity contribution is 5.81. The third-order valence-electron chi connectivity index (χ3n) is 1.71. The van der Waals surface area contributed by atoms with Crippen molar-refractivity contribution < 1.29 is 4.79 Å². The summed E-state index contributed by atoms with van der Waals surface area (Å²) in [6, 6.07) is 6.76. The van der Waals surface area contributed by atoms with Crippen LogP contribution in [-0.2, 0) is 4.79 Å². The molecule has 0 spiro atoms. The quantitative estimate of drug-likeness (QED) is 0.667. The molecule has 0 radical (unpaired) electrons. The fourth-order valence-corrected chi connectivity index (χ4v) is 1.03. The molecule has 0 aromatic heterocycles. The summed E-state index contributed by atoms with van der Waals surface area (Å²) in [6.07, 6.45) is 0. The minimum absolute atomic E-state index is 0.499. The van der Waals surface area contributed by atoms with E-state index >= 15 is 0 Å². The average molecular weight is 164 g/mol. The first kappa shape index (κ1) is 8.74. The third kappa shape index (κ3) is 1.83. The molecule has 0 fully saturated rings. The normalized spacial score (nSPS) is 12.5. The van der Waals surface area contributed by atoms with Crippen molar-refractivity contribution in [3.8, 4) is 0 Å². The Morgan fingerprint density at radius 2 is 2.17 bits per heavy atom. The number of hydrogen-bond donors (Lipinski definition) is 2. The lowest BCUT2D eigenvalue weighted by molar-refractivity contribution is -0.119. The van der Waals surface area contributed by atoms with Crippen LogP contribution >= 0.6 is 0 Å². The van der Waals surface area contributed by atoms with Crippen LogP contribution in [0.4, 0.5) is 0 Å². The van der Waals surface area contributed by atoms with E-state index in [9.17, 15) is 4.79 Å². The molecule has 1 amide bonds. The summed E-state index contributed by atoms with van der Waals surface area (Å²) in [6.45, 7) is 1.94. The Morgan fingerprint density at radius 1 is 1.50 bits per heavy atom. The van der Waals surface area contributed by atoms with E-state index < -0.39 is 11.9 Å².